The van der Waals surface area contributed by atoms with Crippen LogP contribution in [0.3, 0.4) is 0 Å². The zero-order valence-corrected chi connectivity index (χ0v) is 12.4. The fourth-order valence-corrected chi connectivity index (χ4v) is 2.84. The summed E-state index contributed by atoms with van der Waals surface area (Å²) in [6.45, 7) is 2.58. The molecule has 0 saturated carbocycles. The van der Waals surface area contributed by atoms with Gasteiger partial charge in [-0.05, 0) is 18.5 Å². The van der Waals surface area contributed by atoms with Gasteiger partial charge in [0.2, 0.25) is 0 Å². The molecule has 0 bridgehead atoms. The molecule has 2 aromatic heterocycles. The van der Waals surface area contributed by atoms with E-state index < -0.39 is 5.41 Å². The zero-order chi connectivity index (χ0) is 14.8. The number of aliphatic hydroxyl groups excluding tert-OH is 2. The van der Waals surface area contributed by atoms with Gasteiger partial charge in [0, 0.05) is 12.0 Å². The first-order valence-corrected chi connectivity index (χ1v) is 7.22. The van der Waals surface area contributed by atoms with Gasteiger partial charge in [0.15, 0.2) is 0 Å². The van der Waals surface area contributed by atoms with Crippen LogP contribution in [0, 0.1) is 5.41 Å². The molecule has 0 spiro atoms. The van der Waals surface area contributed by atoms with Crippen LogP contribution in [0.1, 0.15) is 12.7 Å². The average molecular weight is 297 g/mol. The van der Waals surface area contributed by atoms with E-state index in [9.17, 15) is 15.0 Å². The van der Waals surface area contributed by atoms with E-state index in [0.29, 0.717) is 29.1 Å². The third kappa shape index (κ3) is 3.24. The molecule has 110 valence electrons. The predicted molar refractivity (Wildman–Crippen MR) is 78.9 cm³/mol. The Hall–Kier alpha value is -1.28. The van der Waals surface area contributed by atoms with Crippen LogP contribution >= 0.6 is 11.3 Å². The minimum Gasteiger partial charge on any atom is -0.396 e. The number of fused-ring (bicyclic) bond motifs is 1. The summed E-state index contributed by atoms with van der Waals surface area (Å²) in [6, 6.07) is 1.82. The van der Waals surface area contributed by atoms with E-state index in [-0.39, 0.29) is 18.8 Å². The maximum absolute atomic E-state index is 11.9. The van der Waals surface area contributed by atoms with E-state index >= 15 is 0 Å². The van der Waals surface area contributed by atoms with Crippen LogP contribution in [0.15, 0.2) is 16.2 Å². The maximum atomic E-state index is 11.9. The Balaban J connectivity index is 2.13. The van der Waals surface area contributed by atoms with E-state index in [1.807, 2.05) is 30.3 Å². The molecule has 0 amide bonds. The number of H-pyrrole nitrogens is 1. The molecule has 0 aliphatic carbocycles. The van der Waals surface area contributed by atoms with Gasteiger partial charge in [0.1, 0.15) is 10.5 Å². The summed E-state index contributed by atoms with van der Waals surface area (Å²) in [5, 5.41) is 20.4. The Morgan fingerprint density at radius 2 is 2.15 bits per heavy atom. The zero-order valence-electron chi connectivity index (χ0n) is 11.6. The third-order valence-electron chi connectivity index (χ3n) is 3.20. The number of thiophene rings is 1. The maximum Gasteiger partial charge on any atom is 0.268 e. The molecule has 0 saturated heterocycles. The molecule has 3 N–H and O–H groups in total. The van der Waals surface area contributed by atoms with Gasteiger partial charge in [-0.1, -0.05) is 6.92 Å². The van der Waals surface area contributed by atoms with Crippen LogP contribution in [0.4, 0.5) is 0 Å². The highest BCUT2D eigenvalue weighted by Crippen LogP contribution is 2.17. The Labute approximate surface area is 120 Å². The first-order valence-electron chi connectivity index (χ1n) is 6.34. The highest BCUT2D eigenvalue weighted by atomic mass is 32.1. The molecule has 7 heteroatoms. The Morgan fingerprint density at radius 1 is 1.45 bits per heavy atom. The lowest BCUT2D eigenvalue weighted by molar-refractivity contribution is 0.0396. The van der Waals surface area contributed by atoms with E-state index in [1.165, 1.54) is 11.3 Å². The van der Waals surface area contributed by atoms with Crippen molar-refractivity contribution in [1.29, 1.82) is 0 Å². The summed E-state index contributed by atoms with van der Waals surface area (Å²) in [5.41, 5.74) is 0.0105. The second-order valence-electron chi connectivity index (χ2n) is 5.45. The molecule has 0 aliphatic heterocycles. The number of rotatable bonds is 6. The SMILES string of the molecule is CN(Cc1nc2ccsc2c(=O)[nH]1)CC(C)(CO)CO. The van der Waals surface area contributed by atoms with Crippen molar-refractivity contribution in [3.63, 3.8) is 0 Å². The van der Waals surface area contributed by atoms with Crippen LogP contribution in [0.5, 0.6) is 0 Å². The van der Waals surface area contributed by atoms with Crippen LogP contribution in [-0.4, -0.2) is 51.9 Å². The van der Waals surface area contributed by atoms with Crippen LogP contribution < -0.4 is 5.56 Å². The molecule has 0 fully saturated rings. The molecule has 0 atom stereocenters. The van der Waals surface area contributed by atoms with Gasteiger partial charge in [-0.25, -0.2) is 4.98 Å². The molecule has 0 radical (unpaired) electrons. The largest absolute Gasteiger partial charge is 0.396 e. The van der Waals surface area contributed by atoms with Crippen LogP contribution in [0.2, 0.25) is 0 Å². The topological polar surface area (TPSA) is 89.5 Å². The van der Waals surface area contributed by atoms with Crippen LogP contribution in [-0.2, 0) is 6.54 Å². The van der Waals surface area contributed by atoms with Crippen molar-refractivity contribution >= 4 is 21.6 Å². The Morgan fingerprint density at radius 3 is 2.80 bits per heavy atom. The molecule has 0 aliphatic rings. The van der Waals surface area contributed by atoms with Crippen molar-refractivity contribution in [3.8, 4) is 0 Å². The lowest BCUT2D eigenvalue weighted by Crippen LogP contribution is -2.39. The quantitative estimate of drug-likeness (QED) is 0.718. The minimum absolute atomic E-state index is 0.0959. The van der Waals surface area contributed by atoms with E-state index in [0.717, 1.165) is 0 Å². The standard InChI is InChI=1S/C13H19N3O3S/c1-13(7-17,8-18)6-16(2)5-10-14-9-3-4-20-11(9)12(19)15-10/h3-4,17-18H,5-8H2,1-2H3,(H,14,15,19). The molecule has 2 rings (SSSR count). The van der Waals surface area contributed by atoms with Crippen molar-refractivity contribution in [2.24, 2.45) is 5.41 Å². The van der Waals surface area contributed by atoms with Gasteiger partial charge in [-0.2, -0.15) is 0 Å². The number of hydrogen-bond acceptors (Lipinski definition) is 6. The summed E-state index contributed by atoms with van der Waals surface area (Å²) in [4.78, 5) is 20.9. The summed E-state index contributed by atoms with van der Waals surface area (Å²) in [5.74, 6) is 0.585. The minimum atomic E-state index is -0.568. The molecule has 20 heavy (non-hydrogen) atoms. The van der Waals surface area contributed by atoms with Gasteiger partial charge in [0.05, 0.1) is 25.3 Å². The second-order valence-corrected chi connectivity index (χ2v) is 6.36. The van der Waals surface area contributed by atoms with Gasteiger partial charge in [-0.15, -0.1) is 11.3 Å². The van der Waals surface area contributed by atoms with Crippen molar-refractivity contribution in [2.75, 3.05) is 26.8 Å². The Kier molecular flexibility index (Phi) is 4.54. The van der Waals surface area contributed by atoms with Gasteiger partial charge < -0.3 is 15.2 Å². The molecule has 0 unspecified atom stereocenters. The van der Waals surface area contributed by atoms with Crippen molar-refractivity contribution < 1.29 is 10.2 Å². The monoisotopic (exact) mass is 297 g/mol. The predicted octanol–water partition coefficient (Wildman–Crippen LogP) is 0.407. The summed E-state index contributed by atoms with van der Waals surface area (Å²) in [7, 11) is 1.86. The van der Waals surface area contributed by atoms with E-state index in [2.05, 4.69) is 9.97 Å². The van der Waals surface area contributed by atoms with Gasteiger partial charge >= 0.3 is 0 Å². The van der Waals surface area contributed by atoms with Crippen LogP contribution in [0.25, 0.3) is 10.2 Å². The number of aromatic amines is 1. The summed E-state index contributed by atoms with van der Waals surface area (Å²) >= 11 is 1.37. The lowest BCUT2D eigenvalue weighted by Gasteiger charge is -2.29. The normalized spacial score (nSPS) is 12.4. The average Bonchev–Trinajstić information content (AvgIpc) is 2.87. The molecule has 6 nitrogen and oxygen atoms in total. The fourth-order valence-electron chi connectivity index (χ4n) is 2.11. The Bertz CT molecular complexity index is 633. The molecular formula is C13H19N3O3S. The summed E-state index contributed by atoms with van der Waals surface area (Å²) in [6.07, 6.45) is 0. The van der Waals surface area contributed by atoms with Crippen molar-refractivity contribution in [3.05, 3.63) is 27.6 Å². The van der Waals surface area contributed by atoms with Gasteiger partial charge in [0.25, 0.3) is 5.56 Å². The molecular weight excluding hydrogens is 278 g/mol. The highest BCUT2D eigenvalue weighted by molar-refractivity contribution is 7.17. The number of nitrogens with one attached hydrogen (secondary N) is 1. The first kappa shape index (κ1) is 15.1. The lowest BCUT2D eigenvalue weighted by atomic mass is 9.92. The van der Waals surface area contributed by atoms with E-state index in [4.69, 9.17) is 0 Å². The molecule has 0 aromatic carbocycles. The number of aliphatic hydroxyl groups is 2. The highest BCUT2D eigenvalue weighted by Gasteiger charge is 2.24. The summed E-state index contributed by atoms with van der Waals surface area (Å²) < 4.78 is 0.631. The number of nitrogens with zero attached hydrogens (tertiary/aromatic N) is 2. The van der Waals surface area contributed by atoms with E-state index in [1.54, 1.807) is 0 Å². The molecule has 2 heterocycles. The first-order chi connectivity index (χ1) is 9.47. The third-order valence-corrected chi connectivity index (χ3v) is 4.10. The fraction of sp³-hybridized carbons (Fsp3) is 0.538. The number of hydrogen-bond donors (Lipinski definition) is 3. The smallest absolute Gasteiger partial charge is 0.268 e. The van der Waals surface area contributed by atoms with Gasteiger partial charge in [-0.3, -0.25) is 9.69 Å². The molecule has 2 aromatic rings. The number of aromatic nitrogens is 2. The van der Waals surface area contributed by atoms with Crippen molar-refractivity contribution in [2.45, 2.75) is 13.5 Å². The van der Waals surface area contributed by atoms with Crippen molar-refractivity contribution in [1.82, 2.24) is 14.9 Å². The second kappa shape index (κ2) is 6.01.